The average Bonchev–Trinajstić information content (AvgIpc) is 2.31. The van der Waals surface area contributed by atoms with Crippen molar-refractivity contribution in [3.8, 4) is 0 Å². The predicted molar refractivity (Wildman–Crippen MR) is 68.2 cm³/mol. The van der Waals surface area contributed by atoms with Gasteiger partial charge >= 0.3 is 0 Å². The van der Waals surface area contributed by atoms with Gasteiger partial charge in [-0.25, -0.2) is 8.78 Å². The Hall–Kier alpha value is -0.930. The van der Waals surface area contributed by atoms with Crippen LogP contribution in [0.5, 0.6) is 0 Å². The van der Waals surface area contributed by atoms with Crippen LogP contribution in [0.2, 0.25) is 0 Å². The lowest BCUT2D eigenvalue weighted by Gasteiger charge is -2.11. The minimum atomic E-state index is -0.705. The van der Waals surface area contributed by atoms with Crippen molar-refractivity contribution in [3.63, 3.8) is 0 Å². The van der Waals surface area contributed by atoms with Crippen LogP contribution in [-0.2, 0) is 0 Å². The summed E-state index contributed by atoms with van der Waals surface area (Å²) in [5.74, 6) is -1.01. The van der Waals surface area contributed by atoms with Crippen LogP contribution in [0.1, 0.15) is 16.5 Å². The maximum absolute atomic E-state index is 13.5. The highest BCUT2D eigenvalue weighted by Gasteiger charge is 2.16. The van der Waals surface area contributed by atoms with Crippen LogP contribution in [0.15, 0.2) is 46.9 Å². The van der Waals surface area contributed by atoms with Crippen LogP contribution < -0.4 is 0 Å². The fourth-order valence-corrected chi connectivity index (χ4v) is 2.27. The lowest BCUT2D eigenvalue weighted by atomic mass is 10.0. The summed E-state index contributed by atoms with van der Waals surface area (Å²) in [7, 11) is 0. The van der Waals surface area contributed by atoms with Gasteiger partial charge in [-0.1, -0.05) is 28.1 Å². The fourth-order valence-electron chi connectivity index (χ4n) is 1.55. The van der Waals surface area contributed by atoms with Crippen LogP contribution in [0.4, 0.5) is 8.78 Å². The molecule has 0 saturated heterocycles. The second-order valence-electron chi connectivity index (χ2n) is 3.58. The minimum absolute atomic E-state index is 0.143. The second kappa shape index (κ2) is 5.15. The molecule has 0 radical (unpaired) electrons. The van der Waals surface area contributed by atoms with Crippen molar-refractivity contribution in [2.75, 3.05) is 0 Å². The van der Waals surface area contributed by atoms with Crippen LogP contribution in [0.25, 0.3) is 0 Å². The molecule has 2 rings (SSSR count). The van der Waals surface area contributed by atoms with Gasteiger partial charge in [0.15, 0.2) is 0 Å². The van der Waals surface area contributed by atoms with Crippen molar-refractivity contribution < 1.29 is 8.78 Å². The first kappa shape index (κ1) is 12.5. The third-order valence-corrected chi connectivity index (χ3v) is 3.35. The molecule has 2 aromatic rings. The van der Waals surface area contributed by atoms with Gasteiger partial charge in [-0.3, -0.25) is 0 Å². The molecule has 2 aromatic carbocycles. The number of halogens is 4. The molecule has 0 N–H and O–H groups in total. The summed E-state index contributed by atoms with van der Waals surface area (Å²) >= 11 is 9.46. The molecule has 0 spiro atoms. The van der Waals surface area contributed by atoms with Crippen molar-refractivity contribution in [2.24, 2.45) is 0 Å². The van der Waals surface area contributed by atoms with E-state index >= 15 is 0 Å². The van der Waals surface area contributed by atoms with Crippen molar-refractivity contribution >= 4 is 27.5 Å². The lowest BCUT2D eigenvalue weighted by Crippen LogP contribution is -1.98. The van der Waals surface area contributed by atoms with Gasteiger partial charge in [0.25, 0.3) is 0 Å². The van der Waals surface area contributed by atoms with E-state index in [1.165, 1.54) is 0 Å². The average molecular weight is 318 g/mol. The van der Waals surface area contributed by atoms with E-state index in [0.29, 0.717) is 5.56 Å². The molecule has 1 atom stereocenters. The second-order valence-corrected chi connectivity index (χ2v) is 4.94. The topological polar surface area (TPSA) is 0 Å². The molecule has 4 heteroatoms. The van der Waals surface area contributed by atoms with E-state index in [9.17, 15) is 8.78 Å². The summed E-state index contributed by atoms with van der Waals surface area (Å²) in [5, 5.41) is -0.705. The zero-order valence-corrected chi connectivity index (χ0v) is 11.0. The van der Waals surface area contributed by atoms with Gasteiger partial charge in [-0.2, -0.15) is 0 Å². The van der Waals surface area contributed by atoms with Crippen LogP contribution in [0, 0.1) is 11.6 Å². The Bertz CT molecular complexity index is 543. The van der Waals surface area contributed by atoms with Crippen LogP contribution in [-0.4, -0.2) is 0 Å². The zero-order chi connectivity index (χ0) is 12.4. The van der Waals surface area contributed by atoms with Crippen molar-refractivity contribution in [2.45, 2.75) is 5.38 Å². The largest absolute Gasteiger partial charge is 0.207 e. The highest BCUT2D eigenvalue weighted by molar-refractivity contribution is 9.10. The van der Waals surface area contributed by atoms with E-state index in [1.807, 2.05) is 6.07 Å². The van der Waals surface area contributed by atoms with Crippen molar-refractivity contribution in [3.05, 3.63) is 69.7 Å². The maximum atomic E-state index is 13.5. The Morgan fingerprint density at radius 1 is 1.06 bits per heavy atom. The van der Waals surface area contributed by atoms with Gasteiger partial charge < -0.3 is 0 Å². The van der Waals surface area contributed by atoms with Crippen molar-refractivity contribution in [1.29, 1.82) is 0 Å². The Labute approximate surface area is 111 Å². The number of hydrogen-bond donors (Lipinski definition) is 0. The summed E-state index contributed by atoms with van der Waals surface area (Å²) in [5.41, 5.74) is 0.857. The number of alkyl halides is 1. The lowest BCUT2D eigenvalue weighted by molar-refractivity contribution is 0.587. The van der Waals surface area contributed by atoms with E-state index in [4.69, 9.17) is 11.6 Å². The molecule has 0 aromatic heterocycles. The molecule has 0 heterocycles. The molecule has 0 nitrogen and oxygen atoms in total. The molecule has 0 aliphatic carbocycles. The Morgan fingerprint density at radius 3 is 2.53 bits per heavy atom. The summed E-state index contributed by atoms with van der Waals surface area (Å²) in [6, 6.07) is 10.5. The van der Waals surface area contributed by atoms with Crippen LogP contribution >= 0.6 is 27.5 Å². The predicted octanol–water partition coefficient (Wildman–Crippen LogP) is 5.06. The zero-order valence-electron chi connectivity index (χ0n) is 8.63. The summed E-state index contributed by atoms with van der Waals surface area (Å²) in [6.07, 6.45) is 0. The molecule has 88 valence electrons. The number of hydrogen-bond acceptors (Lipinski definition) is 0. The molecule has 0 aliphatic heterocycles. The SMILES string of the molecule is Fc1ccc(F)c(C(Cl)c2cccc(Br)c2)c1. The molecule has 0 bridgehead atoms. The van der Waals surface area contributed by atoms with E-state index < -0.39 is 17.0 Å². The van der Waals surface area contributed by atoms with Crippen molar-refractivity contribution in [1.82, 2.24) is 0 Å². The highest BCUT2D eigenvalue weighted by atomic mass is 79.9. The number of benzene rings is 2. The van der Waals surface area contributed by atoms with Gasteiger partial charge in [0.1, 0.15) is 11.6 Å². The summed E-state index contributed by atoms with van der Waals surface area (Å²) in [6.45, 7) is 0. The first-order valence-corrected chi connectivity index (χ1v) is 6.15. The fraction of sp³-hybridized carbons (Fsp3) is 0.0769. The highest BCUT2D eigenvalue weighted by Crippen LogP contribution is 2.32. The smallest absolute Gasteiger partial charge is 0.128 e. The summed E-state index contributed by atoms with van der Waals surface area (Å²) in [4.78, 5) is 0. The molecule has 0 amide bonds. The quantitative estimate of drug-likeness (QED) is 0.680. The van der Waals surface area contributed by atoms with Gasteiger partial charge in [-0.15, -0.1) is 11.6 Å². The molecule has 0 aliphatic rings. The molecular formula is C13H8BrClF2. The van der Waals surface area contributed by atoms with Gasteiger partial charge in [0.2, 0.25) is 0 Å². The van der Waals surface area contributed by atoms with Gasteiger partial charge in [0, 0.05) is 10.0 Å². The van der Waals surface area contributed by atoms with E-state index in [0.717, 1.165) is 22.7 Å². The minimum Gasteiger partial charge on any atom is -0.207 e. The monoisotopic (exact) mass is 316 g/mol. The standard InChI is InChI=1S/C13H8BrClF2/c14-9-3-1-2-8(6-9)13(15)11-7-10(16)4-5-12(11)17/h1-7,13H. The molecular weight excluding hydrogens is 309 g/mol. The van der Waals surface area contributed by atoms with Gasteiger partial charge in [-0.05, 0) is 35.9 Å². The third-order valence-electron chi connectivity index (χ3n) is 2.37. The molecule has 0 saturated carbocycles. The van der Waals surface area contributed by atoms with E-state index in [-0.39, 0.29) is 5.56 Å². The third kappa shape index (κ3) is 2.85. The van der Waals surface area contributed by atoms with Gasteiger partial charge in [0.05, 0.1) is 5.38 Å². The Kier molecular flexibility index (Phi) is 3.79. The van der Waals surface area contributed by atoms with E-state index in [1.54, 1.807) is 18.2 Å². The number of rotatable bonds is 2. The first-order chi connectivity index (χ1) is 8.08. The Morgan fingerprint density at radius 2 is 1.82 bits per heavy atom. The first-order valence-electron chi connectivity index (χ1n) is 4.92. The normalized spacial score (nSPS) is 12.5. The Balaban J connectivity index is 2.43. The molecule has 0 fully saturated rings. The molecule has 17 heavy (non-hydrogen) atoms. The summed E-state index contributed by atoms with van der Waals surface area (Å²) < 4.78 is 27.5. The molecule has 1 unspecified atom stereocenters. The van der Waals surface area contributed by atoms with E-state index in [2.05, 4.69) is 15.9 Å². The maximum Gasteiger partial charge on any atom is 0.128 e. The van der Waals surface area contributed by atoms with Crippen LogP contribution in [0.3, 0.4) is 0 Å².